The molecule has 3 atom stereocenters. The van der Waals surface area contributed by atoms with Crippen molar-refractivity contribution in [1.29, 1.82) is 0 Å². The molecule has 0 bridgehead atoms. The highest BCUT2D eigenvalue weighted by Gasteiger charge is 2.26. The van der Waals surface area contributed by atoms with Gasteiger partial charge in [-0.05, 0) is 44.0 Å². The Kier molecular flexibility index (Phi) is 7.80. The maximum Gasteiger partial charge on any atom is 0.336 e. The van der Waals surface area contributed by atoms with Gasteiger partial charge in [0.2, 0.25) is 11.8 Å². The van der Waals surface area contributed by atoms with Gasteiger partial charge in [0.05, 0.1) is 0 Å². The summed E-state index contributed by atoms with van der Waals surface area (Å²) in [6, 6.07) is 13.4. The molecule has 1 heterocycles. The topological polar surface area (TPSA) is 145 Å². The van der Waals surface area contributed by atoms with E-state index in [1.165, 1.54) is 6.07 Å². The number of fused-ring (bicyclic) bond motifs is 1. The minimum Gasteiger partial charge on any atom is -0.423 e. The number of carbonyl (C=O) groups is 3. The van der Waals surface area contributed by atoms with E-state index in [0.717, 1.165) is 16.5 Å². The van der Waals surface area contributed by atoms with Gasteiger partial charge in [0, 0.05) is 29.6 Å². The molecule has 0 saturated carbocycles. The third kappa shape index (κ3) is 6.29. The van der Waals surface area contributed by atoms with Crippen LogP contribution in [-0.4, -0.2) is 35.8 Å². The van der Waals surface area contributed by atoms with Crippen LogP contribution in [0.5, 0.6) is 0 Å². The van der Waals surface area contributed by atoms with Crippen molar-refractivity contribution in [1.82, 2.24) is 10.6 Å². The van der Waals surface area contributed by atoms with Crippen LogP contribution in [-0.2, 0) is 20.8 Å². The number of carbonyl (C=O) groups excluding carboxylic acids is 3. The van der Waals surface area contributed by atoms with Gasteiger partial charge in [-0.25, -0.2) is 4.79 Å². The minimum atomic E-state index is -0.911. The third-order valence-corrected chi connectivity index (χ3v) is 5.33. The molecule has 3 rings (SSSR count). The Hall–Kier alpha value is -3.98. The quantitative estimate of drug-likeness (QED) is 0.365. The predicted molar refractivity (Wildman–Crippen MR) is 128 cm³/mol. The van der Waals surface area contributed by atoms with Gasteiger partial charge in [-0.15, -0.1) is 0 Å². The molecular weight excluding hydrogens is 436 g/mol. The maximum atomic E-state index is 13.2. The predicted octanol–water partition coefficient (Wildman–Crippen LogP) is 0.903. The number of quaternary nitrogens is 1. The van der Waals surface area contributed by atoms with E-state index in [0.29, 0.717) is 11.3 Å². The Balaban J connectivity index is 1.80. The lowest BCUT2D eigenvalue weighted by molar-refractivity contribution is -0.398. The summed E-state index contributed by atoms with van der Waals surface area (Å²) in [5.41, 5.74) is 5.56. The molecule has 0 radical (unpaired) electrons. The molecule has 0 unspecified atom stereocenters. The second-order valence-electron chi connectivity index (χ2n) is 8.33. The first-order valence-corrected chi connectivity index (χ1v) is 11.0. The van der Waals surface area contributed by atoms with Crippen LogP contribution in [0.2, 0.25) is 0 Å². The summed E-state index contributed by atoms with van der Waals surface area (Å²) in [5, 5.41) is 8.85. The number of rotatable bonds is 8. The molecule has 34 heavy (non-hydrogen) atoms. The molecule has 0 aliphatic heterocycles. The summed E-state index contributed by atoms with van der Waals surface area (Å²) < 4.78 is 5.25. The van der Waals surface area contributed by atoms with E-state index in [1.54, 1.807) is 39.0 Å². The Bertz CT molecular complexity index is 1250. The van der Waals surface area contributed by atoms with Crippen LogP contribution in [0.1, 0.15) is 25.0 Å². The first-order valence-electron chi connectivity index (χ1n) is 11.0. The molecular formula is C25H29N4O5+. The van der Waals surface area contributed by atoms with Gasteiger partial charge in [0.25, 0.3) is 5.91 Å². The molecule has 9 heteroatoms. The van der Waals surface area contributed by atoms with Crippen LogP contribution in [0.15, 0.2) is 63.8 Å². The maximum absolute atomic E-state index is 13.2. The SMILES string of the molecule is Cc1cc(=O)oc2cc(NC(=O)[C@H](Cc3ccccc3)NC(=O)[C@H](C)NC(=O)[C@H](C)[NH3+])ccc12. The molecule has 1 aromatic heterocycles. The van der Waals surface area contributed by atoms with Crippen molar-refractivity contribution in [2.75, 3.05) is 5.32 Å². The molecule has 0 spiro atoms. The highest BCUT2D eigenvalue weighted by atomic mass is 16.4. The van der Waals surface area contributed by atoms with Crippen LogP contribution < -0.4 is 27.3 Å². The van der Waals surface area contributed by atoms with Gasteiger partial charge in [0.1, 0.15) is 17.7 Å². The van der Waals surface area contributed by atoms with Crippen molar-refractivity contribution in [3.63, 3.8) is 0 Å². The summed E-state index contributed by atoms with van der Waals surface area (Å²) in [4.78, 5) is 49.5. The normalized spacial score (nSPS) is 13.5. The second-order valence-corrected chi connectivity index (χ2v) is 8.33. The molecule has 9 nitrogen and oxygen atoms in total. The smallest absolute Gasteiger partial charge is 0.336 e. The first kappa shape index (κ1) is 24.7. The molecule has 6 N–H and O–H groups in total. The zero-order valence-electron chi connectivity index (χ0n) is 19.4. The number of hydrogen-bond donors (Lipinski definition) is 4. The summed E-state index contributed by atoms with van der Waals surface area (Å²) in [6.07, 6.45) is 0.243. The molecule has 2 aromatic carbocycles. The van der Waals surface area contributed by atoms with Gasteiger partial charge in [0.15, 0.2) is 6.04 Å². The van der Waals surface area contributed by atoms with Crippen molar-refractivity contribution in [2.24, 2.45) is 0 Å². The minimum absolute atomic E-state index is 0.243. The monoisotopic (exact) mass is 465 g/mol. The number of nitrogens with one attached hydrogen (secondary N) is 3. The van der Waals surface area contributed by atoms with Gasteiger partial charge in [-0.3, -0.25) is 14.4 Å². The Morgan fingerprint density at radius 2 is 1.65 bits per heavy atom. The average Bonchev–Trinajstić information content (AvgIpc) is 2.78. The Morgan fingerprint density at radius 1 is 0.941 bits per heavy atom. The molecule has 3 aromatic rings. The second kappa shape index (κ2) is 10.8. The van der Waals surface area contributed by atoms with Gasteiger partial charge in [-0.2, -0.15) is 0 Å². The molecule has 0 aliphatic rings. The van der Waals surface area contributed by atoms with Crippen LogP contribution in [0.25, 0.3) is 11.0 Å². The Labute approximate surface area is 196 Å². The zero-order chi connectivity index (χ0) is 24.8. The summed E-state index contributed by atoms with van der Waals surface area (Å²) >= 11 is 0. The number of aryl methyl sites for hydroxylation is 1. The van der Waals surface area contributed by atoms with Crippen LogP contribution in [0.4, 0.5) is 5.69 Å². The number of hydrogen-bond acceptors (Lipinski definition) is 5. The van der Waals surface area contributed by atoms with E-state index in [9.17, 15) is 19.2 Å². The van der Waals surface area contributed by atoms with Crippen LogP contribution in [0.3, 0.4) is 0 Å². The van der Waals surface area contributed by atoms with Crippen molar-refractivity contribution >= 4 is 34.4 Å². The van der Waals surface area contributed by atoms with Crippen molar-refractivity contribution < 1.29 is 24.5 Å². The van der Waals surface area contributed by atoms with E-state index < -0.39 is 35.6 Å². The highest BCUT2D eigenvalue weighted by molar-refractivity contribution is 5.99. The van der Waals surface area contributed by atoms with Crippen molar-refractivity contribution in [3.05, 3.63) is 76.1 Å². The standard InChI is InChI=1S/C25H28N4O5/c1-14-11-22(30)34-21-13-18(9-10-19(14)21)28-25(33)20(12-17-7-5-4-6-8-17)29-24(32)16(3)27-23(31)15(2)26/h4-11,13,15-16,20H,12,26H2,1-3H3,(H,27,31)(H,28,33)(H,29,32)/p+1/t15-,16-,20-/m0/s1. The number of amides is 3. The van der Waals surface area contributed by atoms with Crippen LogP contribution in [0, 0.1) is 6.92 Å². The molecule has 0 saturated heterocycles. The molecule has 0 aliphatic carbocycles. The van der Waals surface area contributed by atoms with E-state index >= 15 is 0 Å². The van der Waals surface area contributed by atoms with Gasteiger partial charge in [-0.1, -0.05) is 30.3 Å². The van der Waals surface area contributed by atoms with E-state index in [-0.39, 0.29) is 12.3 Å². The lowest BCUT2D eigenvalue weighted by Gasteiger charge is -2.21. The van der Waals surface area contributed by atoms with E-state index in [2.05, 4.69) is 21.7 Å². The summed E-state index contributed by atoms with van der Waals surface area (Å²) in [7, 11) is 0. The fraction of sp³-hybridized carbons (Fsp3) is 0.280. The van der Waals surface area contributed by atoms with E-state index in [1.807, 2.05) is 30.3 Å². The van der Waals surface area contributed by atoms with Crippen molar-refractivity contribution in [2.45, 2.75) is 45.3 Å². The Morgan fingerprint density at radius 3 is 2.32 bits per heavy atom. The third-order valence-electron chi connectivity index (χ3n) is 5.33. The lowest BCUT2D eigenvalue weighted by Crippen LogP contribution is -2.67. The molecule has 0 fully saturated rings. The molecule has 3 amide bonds. The fourth-order valence-electron chi connectivity index (χ4n) is 3.41. The average molecular weight is 466 g/mol. The van der Waals surface area contributed by atoms with E-state index in [4.69, 9.17) is 4.42 Å². The summed E-state index contributed by atoms with van der Waals surface area (Å²) in [5.74, 6) is -1.31. The van der Waals surface area contributed by atoms with Crippen LogP contribution >= 0.6 is 0 Å². The fourth-order valence-corrected chi connectivity index (χ4v) is 3.41. The lowest BCUT2D eigenvalue weighted by atomic mass is 10.0. The first-order chi connectivity index (χ1) is 16.1. The van der Waals surface area contributed by atoms with Crippen molar-refractivity contribution in [3.8, 4) is 0 Å². The zero-order valence-corrected chi connectivity index (χ0v) is 19.4. The number of anilines is 1. The largest absolute Gasteiger partial charge is 0.423 e. The highest BCUT2D eigenvalue weighted by Crippen LogP contribution is 2.21. The molecule has 178 valence electrons. The van der Waals surface area contributed by atoms with Gasteiger partial charge >= 0.3 is 5.63 Å². The number of benzene rings is 2. The van der Waals surface area contributed by atoms with Gasteiger partial charge < -0.3 is 26.1 Å². The summed E-state index contributed by atoms with van der Waals surface area (Å²) in [6.45, 7) is 4.97.